The third-order valence-corrected chi connectivity index (χ3v) is 3.05. The third-order valence-electron chi connectivity index (χ3n) is 2.49. The van der Waals surface area contributed by atoms with E-state index in [1.807, 2.05) is 0 Å². The summed E-state index contributed by atoms with van der Waals surface area (Å²) < 4.78 is 0. The minimum absolute atomic E-state index is 0.176. The molecule has 0 saturated carbocycles. The van der Waals surface area contributed by atoms with Gasteiger partial charge in [0.05, 0.1) is 23.1 Å². The van der Waals surface area contributed by atoms with Crippen LogP contribution in [0, 0.1) is 0 Å². The molecule has 2 rings (SSSR count). The molecular weight excluding hydrogens is 311 g/mol. The molecule has 5 nitrogen and oxygen atoms in total. The lowest BCUT2D eigenvalue weighted by atomic mass is 10.3. The van der Waals surface area contributed by atoms with Gasteiger partial charge in [-0.15, -0.1) is 6.58 Å². The van der Waals surface area contributed by atoms with Crippen LogP contribution < -0.4 is 10.6 Å². The van der Waals surface area contributed by atoms with Crippen molar-refractivity contribution in [2.45, 2.75) is 0 Å². The number of carbonyl (C=O) groups is 1. The number of hydrogen-bond acceptors (Lipinski definition) is 4. The molecule has 0 spiro atoms. The topological polar surface area (TPSA) is 66.9 Å². The van der Waals surface area contributed by atoms with Crippen molar-refractivity contribution in [3.8, 4) is 0 Å². The van der Waals surface area contributed by atoms with Crippen molar-refractivity contribution in [1.82, 2.24) is 9.97 Å². The van der Waals surface area contributed by atoms with Gasteiger partial charge in [0.25, 0.3) is 5.91 Å². The summed E-state index contributed by atoms with van der Waals surface area (Å²) in [5, 5.41) is 6.47. The fourth-order valence-electron chi connectivity index (χ4n) is 1.49. The molecule has 0 unspecified atom stereocenters. The SMILES string of the molecule is C=CCNc1cnc(C(=O)Nc2cc(Cl)ccc2Cl)cn1. The van der Waals surface area contributed by atoms with Crippen LogP contribution in [0.25, 0.3) is 0 Å². The number of nitrogens with zero attached hydrogens (tertiary/aromatic N) is 2. The van der Waals surface area contributed by atoms with Crippen LogP contribution in [0.5, 0.6) is 0 Å². The number of amides is 1. The first-order valence-electron chi connectivity index (χ1n) is 6.03. The van der Waals surface area contributed by atoms with Gasteiger partial charge in [0, 0.05) is 11.6 Å². The highest BCUT2D eigenvalue weighted by molar-refractivity contribution is 6.35. The number of hydrogen-bond donors (Lipinski definition) is 2. The summed E-state index contributed by atoms with van der Waals surface area (Å²) in [6.45, 7) is 4.15. The van der Waals surface area contributed by atoms with Crippen molar-refractivity contribution in [2.24, 2.45) is 0 Å². The summed E-state index contributed by atoms with van der Waals surface area (Å²) in [5.41, 5.74) is 0.597. The molecule has 1 aromatic heterocycles. The molecular formula is C14H12Cl2N4O. The van der Waals surface area contributed by atoms with E-state index in [-0.39, 0.29) is 5.69 Å². The third kappa shape index (κ3) is 4.18. The van der Waals surface area contributed by atoms with Gasteiger partial charge in [0.1, 0.15) is 11.5 Å². The van der Waals surface area contributed by atoms with Gasteiger partial charge in [-0.2, -0.15) is 0 Å². The summed E-state index contributed by atoms with van der Waals surface area (Å²) in [4.78, 5) is 20.2. The first-order valence-corrected chi connectivity index (χ1v) is 6.79. The normalized spacial score (nSPS) is 10.0. The molecule has 0 fully saturated rings. The van der Waals surface area contributed by atoms with Crippen LogP contribution in [0.1, 0.15) is 10.5 Å². The van der Waals surface area contributed by atoms with E-state index in [1.54, 1.807) is 24.3 Å². The molecule has 2 N–H and O–H groups in total. The molecule has 0 bridgehead atoms. The Kier molecular flexibility index (Phi) is 5.14. The van der Waals surface area contributed by atoms with Gasteiger partial charge >= 0.3 is 0 Å². The lowest BCUT2D eigenvalue weighted by Gasteiger charge is -2.07. The van der Waals surface area contributed by atoms with Gasteiger partial charge in [-0.1, -0.05) is 29.3 Å². The lowest BCUT2D eigenvalue weighted by molar-refractivity contribution is 0.102. The van der Waals surface area contributed by atoms with Crippen LogP contribution in [0.4, 0.5) is 11.5 Å². The largest absolute Gasteiger partial charge is 0.365 e. The molecule has 0 atom stereocenters. The van der Waals surface area contributed by atoms with E-state index in [2.05, 4.69) is 27.2 Å². The first kappa shape index (κ1) is 15.3. The number of carbonyl (C=O) groups excluding carboxylic acids is 1. The maximum atomic E-state index is 12.1. The van der Waals surface area contributed by atoms with E-state index in [4.69, 9.17) is 23.2 Å². The number of benzene rings is 1. The molecule has 0 aliphatic heterocycles. The summed E-state index contributed by atoms with van der Waals surface area (Å²) in [6.07, 6.45) is 4.54. The Morgan fingerprint density at radius 3 is 2.76 bits per heavy atom. The molecule has 0 aliphatic rings. The summed E-state index contributed by atoms with van der Waals surface area (Å²) in [5.74, 6) is 0.147. The minimum Gasteiger partial charge on any atom is -0.365 e. The van der Waals surface area contributed by atoms with Gasteiger partial charge in [-0.3, -0.25) is 4.79 Å². The highest BCUT2D eigenvalue weighted by Gasteiger charge is 2.11. The molecule has 108 valence electrons. The highest BCUT2D eigenvalue weighted by Crippen LogP contribution is 2.25. The Hall–Kier alpha value is -2.11. The second-order valence-corrected chi connectivity index (χ2v) is 4.88. The van der Waals surface area contributed by atoms with Gasteiger partial charge in [-0.25, -0.2) is 9.97 Å². The molecule has 21 heavy (non-hydrogen) atoms. The summed E-state index contributed by atoms with van der Waals surface area (Å²) >= 11 is 11.8. The summed E-state index contributed by atoms with van der Waals surface area (Å²) in [7, 11) is 0. The second-order valence-electron chi connectivity index (χ2n) is 4.03. The maximum Gasteiger partial charge on any atom is 0.275 e. The van der Waals surface area contributed by atoms with Crippen LogP contribution in [-0.2, 0) is 0 Å². The van der Waals surface area contributed by atoms with Crippen LogP contribution >= 0.6 is 23.2 Å². The van der Waals surface area contributed by atoms with Crippen molar-refractivity contribution >= 4 is 40.6 Å². The molecule has 2 aromatic rings. The van der Waals surface area contributed by atoms with Crippen molar-refractivity contribution < 1.29 is 4.79 Å². The molecule has 0 radical (unpaired) electrons. The van der Waals surface area contributed by atoms with Crippen molar-refractivity contribution in [3.05, 3.63) is 59.0 Å². The fraction of sp³-hybridized carbons (Fsp3) is 0.0714. The van der Waals surface area contributed by atoms with E-state index >= 15 is 0 Å². The number of nitrogens with one attached hydrogen (secondary N) is 2. The maximum absolute atomic E-state index is 12.1. The van der Waals surface area contributed by atoms with Gasteiger partial charge in [-0.05, 0) is 18.2 Å². The van der Waals surface area contributed by atoms with Gasteiger partial charge in [0.2, 0.25) is 0 Å². The number of anilines is 2. The molecule has 0 aliphatic carbocycles. The highest BCUT2D eigenvalue weighted by atomic mass is 35.5. The molecule has 1 aromatic carbocycles. The standard InChI is InChI=1S/C14H12Cl2N4O/c1-2-5-17-13-8-18-12(7-19-13)14(21)20-11-6-9(15)3-4-10(11)16/h2-4,6-8H,1,5H2,(H,17,19)(H,20,21). The quantitative estimate of drug-likeness (QED) is 0.825. The number of aromatic nitrogens is 2. The van der Waals surface area contributed by atoms with E-state index in [0.717, 1.165) is 0 Å². The predicted octanol–water partition coefficient (Wildman–Crippen LogP) is 3.63. The average Bonchev–Trinajstić information content (AvgIpc) is 2.49. The zero-order valence-electron chi connectivity index (χ0n) is 10.9. The minimum atomic E-state index is -0.415. The summed E-state index contributed by atoms with van der Waals surface area (Å²) in [6, 6.07) is 4.81. The van der Waals surface area contributed by atoms with E-state index in [0.29, 0.717) is 28.1 Å². The first-order chi connectivity index (χ1) is 10.1. The zero-order chi connectivity index (χ0) is 15.2. The second kappa shape index (κ2) is 7.06. The average molecular weight is 323 g/mol. The van der Waals surface area contributed by atoms with Gasteiger partial charge in [0.15, 0.2) is 0 Å². The molecule has 1 heterocycles. The van der Waals surface area contributed by atoms with Crippen molar-refractivity contribution in [2.75, 3.05) is 17.2 Å². The predicted molar refractivity (Wildman–Crippen MR) is 85.1 cm³/mol. The van der Waals surface area contributed by atoms with E-state index in [1.165, 1.54) is 12.4 Å². The van der Waals surface area contributed by atoms with E-state index < -0.39 is 5.91 Å². The van der Waals surface area contributed by atoms with Crippen LogP contribution in [0.2, 0.25) is 10.0 Å². The Labute approximate surface area is 132 Å². The molecule has 0 saturated heterocycles. The molecule has 1 amide bonds. The van der Waals surface area contributed by atoms with E-state index in [9.17, 15) is 4.79 Å². The Morgan fingerprint density at radius 1 is 1.29 bits per heavy atom. The molecule has 7 heteroatoms. The smallest absolute Gasteiger partial charge is 0.275 e. The van der Waals surface area contributed by atoms with Gasteiger partial charge < -0.3 is 10.6 Å². The lowest BCUT2D eigenvalue weighted by Crippen LogP contribution is -2.14. The fourth-order valence-corrected chi connectivity index (χ4v) is 1.83. The number of rotatable bonds is 5. The van der Waals surface area contributed by atoms with Crippen LogP contribution in [0.15, 0.2) is 43.2 Å². The van der Waals surface area contributed by atoms with Crippen molar-refractivity contribution in [3.63, 3.8) is 0 Å². The zero-order valence-corrected chi connectivity index (χ0v) is 12.4. The Morgan fingerprint density at radius 2 is 2.10 bits per heavy atom. The van der Waals surface area contributed by atoms with Crippen LogP contribution in [-0.4, -0.2) is 22.4 Å². The monoisotopic (exact) mass is 322 g/mol. The Balaban J connectivity index is 2.09. The Bertz CT molecular complexity index is 659. The number of halogens is 2. The van der Waals surface area contributed by atoms with Crippen LogP contribution in [0.3, 0.4) is 0 Å². The van der Waals surface area contributed by atoms with Crippen molar-refractivity contribution in [1.29, 1.82) is 0 Å².